The van der Waals surface area contributed by atoms with Crippen LogP contribution >= 0.6 is 0 Å². The van der Waals surface area contributed by atoms with Crippen molar-refractivity contribution in [3.63, 3.8) is 0 Å². The number of benzene rings is 4. The van der Waals surface area contributed by atoms with Crippen LogP contribution in [0, 0.1) is 35.1 Å². The van der Waals surface area contributed by atoms with Gasteiger partial charge in [0.05, 0.1) is 5.56 Å². The number of rotatable bonds is 5. The molecule has 5 heteroatoms. The number of aryl methyl sites for hydroxylation is 1. The van der Waals surface area contributed by atoms with E-state index in [-0.39, 0.29) is 10.9 Å². The molecule has 33 heavy (non-hydrogen) atoms. The molecule has 0 fully saturated rings. The number of fused-ring (bicyclic) bond motifs is 1. The molecule has 0 saturated heterocycles. The number of hydrogen-bond acceptors (Lipinski definition) is 1. The first kappa shape index (κ1) is 22.6. The SMILES string of the molecule is COCCCc1ccc(-c2ccc(C#Cc3ccc4c(F)c(F)ccc4c3)c(F)c2)c(F)c1. The van der Waals surface area contributed by atoms with E-state index in [9.17, 15) is 17.6 Å². The van der Waals surface area contributed by atoms with Gasteiger partial charge in [0.1, 0.15) is 11.6 Å². The normalized spacial score (nSPS) is 10.8. The first-order valence-corrected chi connectivity index (χ1v) is 10.4. The fraction of sp³-hybridized carbons (Fsp3) is 0.143. The molecule has 166 valence electrons. The molecule has 0 bridgehead atoms. The van der Waals surface area contributed by atoms with Gasteiger partial charge >= 0.3 is 0 Å². The van der Waals surface area contributed by atoms with Gasteiger partial charge < -0.3 is 4.74 Å². The first-order valence-electron chi connectivity index (χ1n) is 10.4. The Morgan fingerprint density at radius 2 is 1.61 bits per heavy atom. The highest BCUT2D eigenvalue weighted by molar-refractivity contribution is 5.84. The van der Waals surface area contributed by atoms with E-state index < -0.39 is 23.3 Å². The lowest BCUT2D eigenvalue weighted by Gasteiger charge is -2.07. The van der Waals surface area contributed by atoms with Crippen LogP contribution in [0.2, 0.25) is 0 Å². The van der Waals surface area contributed by atoms with Gasteiger partial charge in [0.2, 0.25) is 0 Å². The topological polar surface area (TPSA) is 9.23 Å². The van der Waals surface area contributed by atoms with Crippen LogP contribution in [0.15, 0.2) is 66.7 Å². The van der Waals surface area contributed by atoms with Gasteiger partial charge in [-0.15, -0.1) is 0 Å². The predicted molar refractivity (Wildman–Crippen MR) is 122 cm³/mol. The maximum Gasteiger partial charge on any atom is 0.166 e. The highest BCUT2D eigenvalue weighted by Crippen LogP contribution is 2.26. The van der Waals surface area contributed by atoms with E-state index in [1.807, 2.05) is 6.07 Å². The van der Waals surface area contributed by atoms with Gasteiger partial charge in [0.25, 0.3) is 0 Å². The number of ether oxygens (including phenoxy) is 1. The van der Waals surface area contributed by atoms with Gasteiger partial charge in [-0.05, 0) is 65.8 Å². The summed E-state index contributed by atoms with van der Waals surface area (Å²) in [5, 5.41) is 0.653. The Bertz CT molecular complexity index is 1380. The summed E-state index contributed by atoms with van der Waals surface area (Å²) in [7, 11) is 1.62. The van der Waals surface area contributed by atoms with Crippen molar-refractivity contribution in [2.75, 3.05) is 13.7 Å². The van der Waals surface area contributed by atoms with E-state index in [0.29, 0.717) is 35.1 Å². The maximum absolute atomic E-state index is 14.7. The molecule has 1 nitrogen and oxygen atoms in total. The molecule has 4 aromatic rings. The molecule has 0 aliphatic heterocycles. The largest absolute Gasteiger partial charge is 0.385 e. The van der Waals surface area contributed by atoms with Crippen LogP contribution in [0.5, 0.6) is 0 Å². The summed E-state index contributed by atoms with van der Waals surface area (Å²) < 4.78 is 61.5. The van der Waals surface area contributed by atoms with Crippen molar-refractivity contribution < 1.29 is 22.3 Å². The molecular weight excluding hydrogens is 428 g/mol. The molecule has 0 amide bonds. The first-order chi connectivity index (χ1) is 16.0. The van der Waals surface area contributed by atoms with Crippen LogP contribution in [-0.2, 0) is 11.2 Å². The van der Waals surface area contributed by atoms with E-state index in [1.54, 1.807) is 31.4 Å². The molecule has 4 rings (SSSR count). The molecule has 0 atom stereocenters. The minimum atomic E-state index is -0.916. The Hall–Kier alpha value is -3.62. The second-order valence-electron chi connectivity index (χ2n) is 7.65. The minimum Gasteiger partial charge on any atom is -0.385 e. The third-order valence-electron chi connectivity index (χ3n) is 5.38. The molecule has 0 unspecified atom stereocenters. The lowest BCUT2D eigenvalue weighted by Crippen LogP contribution is -1.95. The Balaban J connectivity index is 1.56. The van der Waals surface area contributed by atoms with Crippen molar-refractivity contribution in [3.8, 4) is 23.0 Å². The van der Waals surface area contributed by atoms with Gasteiger partial charge in [-0.2, -0.15) is 0 Å². The zero-order chi connectivity index (χ0) is 23.4. The van der Waals surface area contributed by atoms with E-state index in [1.165, 1.54) is 30.3 Å². The summed E-state index contributed by atoms with van der Waals surface area (Å²) in [5.74, 6) is 2.78. The fourth-order valence-corrected chi connectivity index (χ4v) is 3.64. The lowest BCUT2D eigenvalue weighted by molar-refractivity contribution is 0.195. The van der Waals surface area contributed by atoms with Crippen LogP contribution in [0.4, 0.5) is 17.6 Å². The fourth-order valence-electron chi connectivity index (χ4n) is 3.64. The second kappa shape index (κ2) is 9.89. The summed E-state index contributed by atoms with van der Waals surface area (Å²) in [6, 6.07) is 16.4. The summed E-state index contributed by atoms with van der Waals surface area (Å²) >= 11 is 0. The molecule has 0 radical (unpaired) electrons. The van der Waals surface area contributed by atoms with E-state index in [0.717, 1.165) is 18.1 Å². The summed E-state index contributed by atoms with van der Waals surface area (Å²) in [6.45, 7) is 0.603. The third-order valence-corrected chi connectivity index (χ3v) is 5.38. The Kier molecular flexibility index (Phi) is 6.76. The van der Waals surface area contributed by atoms with E-state index >= 15 is 0 Å². The molecule has 0 aromatic heterocycles. The van der Waals surface area contributed by atoms with E-state index in [2.05, 4.69) is 11.8 Å². The van der Waals surface area contributed by atoms with Gasteiger partial charge in [-0.1, -0.05) is 42.2 Å². The lowest BCUT2D eigenvalue weighted by atomic mass is 10.00. The highest BCUT2D eigenvalue weighted by Gasteiger charge is 2.10. The molecule has 0 saturated carbocycles. The Morgan fingerprint density at radius 1 is 0.758 bits per heavy atom. The molecule has 0 spiro atoms. The summed E-state index contributed by atoms with van der Waals surface area (Å²) in [4.78, 5) is 0. The summed E-state index contributed by atoms with van der Waals surface area (Å²) in [6.07, 6.45) is 1.49. The van der Waals surface area contributed by atoms with Gasteiger partial charge in [0, 0.05) is 30.2 Å². The minimum absolute atomic E-state index is 0.153. The number of methoxy groups -OCH3 is 1. The average Bonchev–Trinajstić information content (AvgIpc) is 2.81. The number of halogens is 4. The highest BCUT2D eigenvalue weighted by atomic mass is 19.2. The standard InChI is InChI=1S/C28H20F4O/c1-33-14-2-3-18-5-11-23(27(31)16-18)22-9-8-20(26(30)17-22)7-4-19-6-12-24-21(15-19)10-13-25(29)28(24)32/h5-6,8-13,15-17H,2-3,14H2,1H3. The molecule has 0 N–H and O–H groups in total. The molecule has 0 aliphatic rings. The van der Waals surface area contributed by atoms with Gasteiger partial charge in [-0.3, -0.25) is 0 Å². The Morgan fingerprint density at radius 3 is 2.36 bits per heavy atom. The van der Waals surface area contributed by atoms with Gasteiger partial charge in [-0.25, -0.2) is 17.6 Å². The zero-order valence-corrected chi connectivity index (χ0v) is 17.9. The maximum atomic E-state index is 14.7. The van der Waals surface area contributed by atoms with Crippen molar-refractivity contribution in [2.24, 2.45) is 0 Å². The molecule has 0 aliphatic carbocycles. The number of hydrogen-bond donors (Lipinski definition) is 0. The smallest absolute Gasteiger partial charge is 0.166 e. The molecule has 0 heterocycles. The monoisotopic (exact) mass is 448 g/mol. The van der Waals surface area contributed by atoms with Crippen LogP contribution in [0.3, 0.4) is 0 Å². The predicted octanol–water partition coefficient (Wildman–Crippen LogP) is 7.04. The van der Waals surface area contributed by atoms with Crippen LogP contribution < -0.4 is 0 Å². The van der Waals surface area contributed by atoms with E-state index in [4.69, 9.17) is 4.74 Å². The van der Waals surface area contributed by atoms with Crippen molar-refractivity contribution in [1.29, 1.82) is 0 Å². The van der Waals surface area contributed by atoms with Gasteiger partial charge in [0.15, 0.2) is 11.6 Å². The molecular formula is C28H20F4O. The van der Waals surface area contributed by atoms with Crippen LogP contribution in [0.1, 0.15) is 23.1 Å². The van der Waals surface area contributed by atoms with Crippen molar-refractivity contribution in [1.82, 2.24) is 0 Å². The third kappa shape index (κ3) is 5.08. The van der Waals surface area contributed by atoms with Crippen molar-refractivity contribution in [3.05, 3.63) is 107 Å². The second-order valence-corrected chi connectivity index (χ2v) is 7.65. The quantitative estimate of drug-likeness (QED) is 0.181. The Labute approximate surface area is 189 Å². The van der Waals surface area contributed by atoms with Crippen LogP contribution in [0.25, 0.3) is 21.9 Å². The summed E-state index contributed by atoms with van der Waals surface area (Å²) in [5.41, 5.74) is 2.27. The average molecular weight is 448 g/mol. The zero-order valence-electron chi connectivity index (χ0n) is 17.9. The van der Waals surface area contributed by atoms with Crippen molar-refractivity contribution >= 4 is 10.8 Å². The van der Waals surface area contributed by atoms with Crippen LogP contribution in [-0.4, -0.2) is 13.7 Å². The van der Waals surface area contributed by atoms with Crippen molar-refractivity contribution in [2.45, 2.75) is 12.8 Å². The molecule has 4 aromatic carbocycles.